The van der Waals surface area contributed by atoms with Crippen LogP contribution in [0.2, 0.25) is 5.02 Å². The summed E-state index contributed by atoms with van der Waals surface area (Å²) in [5.74, 6) is -1.77. The van der Waals surface area contributed by atoms with Crippen molar-refractivity contribution in [3.8, 4) is 0 Å². The number of benzene rings is 2. The summed E-state index contributed by atoms with van der Waals surface area (Å²) in [7, 11) is 0. The topological polar surface area (TPSA) is 43.4 Å². The highest BCUT2D eigenvalue weighted by molar-refractivity contribution is 6.30. The van der Waals surface area contributed by atoms with Gasteiger partial charge in [0.1, 0.15) is 5.92 Å². The number of carbonyl (C=O) groups is 2. The average Bonchev–Trinajstić information content (AvgIpc) is 2.67. The van der Waals surface area contributed by atoms with E-state index in [-0.39, 0.29) is 18.3 Å². The number of hydrogen-bond donors (Lipinski definition) is 0. The average molecular weight is 381 g/mol. The summed E-state index contributed by atoms with van der Waals surface area (Å²) in [6.45, 7) is 1.99. The quantitative estimate of drug-likeness (QED) is 0.528. The number of halogens is 1. The number of rotatable bonds is 5. The summed E-state index contributed by atoms with van der Waals surface area (Å²) in [5.41, 5.74) is 2.86. The van der Waals surface area contributed by atoms with E-state index in [0.717, 1.165) is 16.7 Å². The van der Waals surface area contributed by atoms with E-state index in [1.807, 2.05) is 54.6 Å². The van der Waals surface area contributed by atoms with Crippen LogP contribution in [0, 0.1) is 5.92 Å². The molecule has 0 aromatic heterocycles. The van der Waals surface area contributed by atoms with E-state index in [2.05, 4.69) is 0 Å². The molecule has 0 aliphatic heterocycles. The molecule has 0 radical (unpaired) electrons. The molecule has 0 unspecified atom stereocenters. The van der Waals surface area contributed by atoms with Crippen LogP contribution in [0.3, 0.4) is 0 Å². The number of hydrogen-bond acceptors (Lipinski definition) is 3. The van der Waals surface area contributed by atoms with Gasteiger partial charge in [-0.1, -0.05) is 66.2 Å². The van der Waals surface area contributed by atoms with Crippen molar-refractivity contribution in [1.29, 1.82) is 0 Å². The molecule has 0 spiro atoms. The Hall–Kier alpha value is -2.65. The van der Waals surface area contributed by atoms with Crippen LogP contribution in [0.25, 0.3) is 6.08 Å². The lowest BCUT2D eigenvalue weighted by Gasteiger charge is -2.28. The van der Waals surface area contributed by atoms with Crippen molar-refractivity contribution < 1.29 is 14.3 Å². The smallest absolute Gasteiger partial charge is 0.317 e. The SMILES string of the molecule is CCOC(=O)[C@H]1C(=O)C=C(/C=C/c2ccccc2)C[C@@H]1c1ccc(Cl)cc1. The highest BCUT2D eigenvalue weighted by atomic mass is 35.5. The molecule has 1 aliphatic carbocycles. The summed E-state index contributed by atoms with van der Waals surface area (Å²) < 4.78 is 5.16. The first kappa shape index (κ1) is 19.1. The largest absolute Gasteiger partial charge is 0.465 e. The van der Waals surface area contributed by atoms with Gasteiger partial charge in [-0.25, -0.2) is 0 Å². The van der Waals surface area contributed by atoms with Crippen molar-refractivity contribution in [3.63, 3.8) is 0 Å². The molecule has 0 saturated carbocycles. The molecule has 2 aromatic carbocycles. The summed E-state index contributed by atoms with van der Waals surface area (Å²) in [4.78, 5) is 25.2. The van der Waals surface area contributed by atoms with Crippen LogP contribution >= 0.6 is 11.6 Å². The lowest BCUT2D eigenvalue weighted by Crippen LogP contribution is -2.34. The zero-order valence-corrected chi connectivity index (χ0v) is 15.9. The van der Waals surface area contributed by atoms with Gasteiger partial charge in [-0.15, -0.1) is 0 Å². The van der Waals surface area contributed by atoms with Crippen molar-refractivity contribution in [1.82, 2.24) is 0 Å². The minimum Gasteiger partial charge on any atom is -0.465 e. The van der Waals surface area contributed by atoms with E-state index in [9.17, 15) is 9.59 Å². The molecule has 0 N–H and O–H groups in total. The Balaban J connectivity index is 1.91. The normalized spacial score (nSPS) is 19.8. The Labute approximate surface area is 164 Å². The summed E-state index contributed by atoms with van der Waals surface area (Å²) in [5, 5.41) is 0.619. The van der Waals surface area contributed by atoms with Crippen LogP contribution in [-0.2, 0) is 14.3 Å². The molecule has 0 amide bonds. The number of carbonyl (C=O) groups excluding carboxylic acids is 2. The molecule has 0 heterocycles. The fraction of sp³-hybridized carbons (Fsp3) is 0.217. The predicted octanol–water partition coefficient (Wildman–Crippen LogP) is 5.22. The highest BCUT2D eigenvalue weighted by Gasteiger charge is 2.39. The van der Waals surface area contributed by atoms with Gasteiger partial charge < -0.3 is 4.74 Å². The van der Waals surface area contributed by atoms with Crippen LogP contribution in [0.5, 0.6) is 0 Å². The molecule has 3 nitrogen and oxygen atoms in total. The molecule has 0 bridgehead atoms. The first-order valence-electron chi connectivity index (χ1n) is 8.98. The second kappa shape index (κ2) is 8.83. The maximum atomic E-state index is 12.7. The third kappa shape index (κ3) is 4.75. The van der Waals surface area contributed by atoms with Crippen LogP contribution in [0.4, 0.5) is 0 Å². The maximum absolute atomic E-state index is 12.7. The van der Waals surface area contributed by atoms with E-state index >= 15 is 0 Å². The van der Waals surface area contributed by atoms with Crippen molar-refractivity contribution in [3.05, 3.63) is 88.5 Å². The van der Waals surface area contributed by atoms with Gasteiger partial charge in [0.05, 0.1) is 6.61 Å². The van der Waals surface area contributed by atoms with Crippen molar-refractivity contribution in [2.24, 2.45) is 5.92 Å². The van der Waals surface area contributed by atoms with Crippen LogP contribution in [0.1, 0.15) is 30.4 Å². The molecule has 3 rings (SSSR count). The van der Waals surface area contributed by atoms with Gasteiger partial charge in [-0.05, 0) is 48.3 Å². The van der Waals surface area contributed by atoms with E-state index in [0.29, 0.717) is 11.4 Å². The van der Waals surface area contributed by atoms with Gasteiger partial charge in [0.25, 0.3) is 0 Å². The van der Waals surface area contributed by atoms with Gasteiger partial charge in [-0.2, -0.15) is 0 Å². The van der Waals surface area contributed by atoms with E-state index in [1.54, 1.807) is 25.1 Å². The number of ether oxygens (including phenoxy) is 1. The van der Waals surface area contributed by atoms with Crippen molar-refractivity contribution in [2.45, 2.75) is 19.3 Å². The van der Waals surface area contributed by atoms with Crippen molar-refractivity contribution >= 4 is 29.4 Å². The highest BCUT2D eigenvalue weighted by Crippen LogP contribution is 2.37. The summed E-state index contributed by atoms with van der Waals surface area (Å²) in [6.07, 6.45) is 6.06. The molecule has 0 saturated heterocycles. The molecule has 2 aromatic rings. The first-order chi connectivity index (χ1) is 13.1. The lowest BCUT2D eigenvalue weighted by molar-refractivity contribution is -0.151. The Kier molecular flexibility index (Phi) is 6.25. The molecule has 0 fully saturated rings. The fourth-order valence-corrected chi connectivity index (χ4v) is 3.44. The van der Waals surface area contributed by atoms with Gasteiger partial charge in [0.15, 0.2) is 5.78 Å². The molecule has 4 heteroatoms. The fourth-order valence-electron chi connectivity index (χ4n) is 3.32. The van der Waals surface area contributed by atoms with E-state index < -0.39 is 11.9 Å². The minimum absolute atomic E-state index is 0.215. The van der Waals surface area contributed by atoms with Crippen LogP contribution < -0.4 is 0 Å². The van der Waals surface area contributed by atoms with Gasteiger partial charge in [0.2, 0.25) is 0 Å². The van der Waals surface area contributed by atoms with E-state index in [4.69, 9.17) is 16.3 Å². The Bertz CT molecular complexity index is 866. The molecular weight excluding hydrogens is 360 g/mol. The van der Waals surface area contributed by atoms with Crippen LogP contribution in [0.15, 0.2) is 72.3 Å². The minimum atomic E-state index is -0.819. The molecule has 138 valence electrons. The number of esters is 1. The van der Waals surface area contributed by atoms with Crippen LogP contribution in [-0.4, -0.2) is 18.4 Å². The summed E-state index contributed by atoms with van der Waals surface area (Å²) >= 11 is 5.99. The van der Waals surface area contributed by atoms with Gasteiger partial charge >= 0.3 is 5.97 Å². The number of allylic oxidation sites excluding steroid dienone is 3. The summed E-state index contributed by atoms with van der Waals surface area (Å²) in [6, 6.07) is 17.2. The predicted molar refractivity (Wildman–Crippen MR) is 107 cm³/mol. The molecule has 2 atom stereocenters. The lowest BCUT2D eigenvalue weighted by atomic mass is 9.75. The Morgan fingerprint density at radius 3 is 2.48 bits per heavy atom. The zero-order valence-electron chi connectivity index (χ0n) is 15.1. The second-order valence-electron chi connectivity index (χ2n) is 6.46. The number of ketones is 1. The van der Waals surface area contributed by atoms with Gasteiger partial charge in [0, 0.05) is 10.9 Å². The first-order valence-corrected chi connectivity index (χ1v) is 9.36. The van der Waals surface area contributed by atoms with Crippen molar-refractivity contribution in [2.75, 3.05) is 6.61 Å². The monoisotopic (exact) mass is 380 g/mol. The Morgan fingerprint density at radius 2 is 1.81 bits per heavy atom. The Morgan fingerprint density at radius 1 is 1.11 bits per heavy atom. The molecular formula is C23H21ClO3. The molecule has 27 heavy (non-hydrogen) atoms. The van der Waals surface area contributed by atoms with E-state index in [1.165, 1.54) is 0 Å². The van der Waals surface area contributed by atoms with Gasteiger partial charge in [-0.3, -0.25) is 9.59 Å². The standard InChI is InChI=1S/C23H21ClO3/c1-2-27-23(26)22-20(18-10-12-19(24)13-11-18)14-17(15-21(22)25)9-8-16-6-4-3-5-7-16/h3-13,15,20,22H,2,14H2,1H3/b9-8+/t20-,22-/m1/s1. The molecule has 1 aliphatic rings. The zero-order chi connectivity index (χ0) is 19.2. The third-order valence-electron chi connectivity index (χ3n) is 4.62. The maximum Gasteiger partial charge on any atom is 0.317 e. The second-order valence-corrected chi connectivity index (χ2v) is 6.89. The third-order valence-corrected chi connectivity index (χ3v) is 4.87.